The van der Waals surface area contributed by atoms with Crippen LogP contribution < -0.4 is 5.32 Å². The molecule has 0 aliphatic heterocycles. The van der Waals surface area contributed by atoms with Crippen molar-refractivity contribution in [2.75, 3.05) is 0 Å². The van der Waals surface area contributed by atoms with Crippen LogP contribution in [0.4, 0.5) is 0 Å². The SMILES string of the molecule is N#CC(NCc1ccco1)c1ccsc1. The summed E-state index contributed by atoms with van der Waals surface area (Å²) < 4.78 is 5.18. The summed E-state index contributed by atoms with van der Waals surface area (Å²) >= 11 is 1.59. The Balaban J connectivity index is 1.96. The van der Waals surface area contributed by atoms with Gasteiger partial charge in [-0.3, -0.25) is 5.32 Å². The lowest BCUT2D eigenvalue weighted by Crippen LogP contribution is -2.18. The molecule has 0 aliphatic rings. The molecule has 1 N–H and O–H groups in total. The van der Waals surface area contributed by atoms with Gasteiger partial charge in [-0.05, 0) is 34.5 Å². The number of hydrogen-bond acceptors (Lipinski definition) is 4. The van der Waals surface area contributed by atoms with Crippen LogP contribution in [0.25, 0.3) is 0 Å². The molecule has 0 aromatic carbocycles. The first-order chi connectivity index (χ1) is 7.40. The molecule has 76 valence electrons. The van der Waals surface area contributed by atoms with Crippen molar-refractivity contribution in [3.8, 4) is 6.07 Å². The number of nitrogens with one attached hydrogen (secondary N) is 1. The summed E-state index contributed by atoms with van der Waals surface area (Å²) in [6, 6.07) is 7.63. The van der Waals surface area contributed by atoms with E-state index < -0.39 is 0 Å². The van der Waals surface area contributed by atoms with Crippen LogP contribution >= 0.6 is 11.3 Å². The van der Waals surface area contributed by atoms with Gasteiger partial charge in [-0.25, -0.2) is 0 Å². The molecule has 1 atom stereocenters. The first kappa shape index (κ1) is 9.97. The molecule has 0 aliphatic carbocycles. The van der Waals surface area contributed by atoms with Gasteiger partial charge >= 0.3 is 0 Å². The number of furan rings is 1. The maximum atomic E-state index is 8.99. The normalized spacial score (nSPS) is 12.2. The minimum Gasteiger partial charge on any atom is -0.468 e. The van der Waals surface area contributed by atoms with Gasteiger partial charge in [0.1, 0.15) is 11.8 Å². The molecule has 2 rings (SSSR count). The zero-order valence-corrected chi connectivity index (χ0v) is 8.83. The molecule has 2 heterocycles. The standard InChI is InChI=1S/C11H10N2OS/c12-6-11(9-3-5-15-8-9)13-7-10-2-1-4-14-10/h1-5,8,11,13H,7H2. The van der Waals surface area contributed by atoms with E-state index >= 15 is 0 Å². The average molecular weight is 218 g/mol. The third kappa shape index (κ3) is 2.46. The summed E-state index contributed by atoms with van der Waals surface area (Å²) in [5, 5.41) is 16.1. The van der Waals surface area contributed by atoms with E-state index in [1.165, 1.54) is 0 Å². The lowest BCUT2D eigenvalue weighted by molar-refractivity contribution is 0.473. The highest BCUT2D eigenvalue weighted by Gasteiger charge is 2.10. The van der Waals surface area contributed by atoms with Crippen LogP contribution in [0.1, 0.15) is 17.4 Å². The van der Waals surface area contributed by atoms with Gasteiger partial charge in [0, 0.05) is 0 Å². The van der Waals surface area contributed by atoms with Crippen LogP contribution in [-0.4, -0.2) is 0 Å². The summed E-state index contributed by atoms with van der Waals surface area (Å²) in [5.74, 6) is 0.838. The molecule has 2 aromatic rings. The summed E-state index contributed by atoms with van der Waals surface area (Å²) in [6.45, 7) is 0.571. The second kappa shape index (κ2) is 4.78. The van der Waals surface area contributed by atoms with Crippen LogP contribution in [0.3, 0.4) is 0 Å². The molecule has 0 radical (unpaired) electrons. The number of nitriles is 1. The second-order valence-electron chi connectivity index (χ2n) is 3.08. The highest BCUT2D eigenvalue weighted by molar-refractivity contribution is 7.08. The molecule has 0 saturated carbocycles. The van der Waals surface area contributed by atoms with Gasteiger partial charge in [0.25, 0.3) is 0 Å². The average Bonchev–Trinajstić information content (AvgIpc) is 2.90. The van der Waals surface area contributed by atoms with E-state index in [-0.39, 0.29) is 6.04 Å². The van der Waals surface area contributed by atoms with E-state index in [0.717, 1.165) is 11.3 Å². The highest BCUT2D eigenvalue weighted by atomic mass is 32.1. The molecule has 0 fully saturated rings. The van der Waals surface area contributed by atoms with Crippen molar-refractivity contribution in [2.45, 2.75) is 12.6 Å². The molecule has 0 saturated heterocycles. The number of nitrogens with zero attached hydrogens (tertiary/aromatic N) is 1. The third-order valence-electron chi connectivity index (χ3n) is 2.07. The summed E-state index contributed by atoms with van der Waals surface area (Å²) in [7, 11) is 0. The fourth-order valence-electron chi connectivity index (χ4n) is 1.29. The van der Waals surface area contributed by atoms with Gasteiger partial charge in [-0.15, -0.1) is 0 Å². The Hall–Kier alpha value is -1.57. The number of hydrogen-bond donors (Lipinski definition) is 1. The minimum atomic E-state index is -0.263. The number of rotatable bonds is 4. The largest absolute Gasteiger partial charge is 0.468 e. The molecule has 0 amide bonds. The Kier molecular flexibility index (Phi) is 3.18. The molecule has 15 heavy (non-hydrogen) atoms. The number of thiophene rings is 1. The van der Waals surface area contributed by atoms with Crippen molar-refractivity contribution in [3.05, 3.63) is 46.5 Å². The first-order valence-corrected chi connectivity index (χ1v) is 5.52. The third-order valence-corrected chi connectivity index (χ3v) is 2.77. The predicted octanol–water partition coefficient (Wildman–Crippen LogP) is 2.70. The molecule has 1 unspecified atom stereocenters. The van der Waals surface area contributed by atoms with E-state index in [1.807, 2.05) is 29.0 Å². The monoisotopic (exact) mass is 218 g/mol. The molecule has 4 heteroatoms. The van der Waals surface area contributed by atoms with Crippen molar-refractivity contribution in [3.63, 3.8) is 0 Å². The fraction of sp³-hybridized carbons (Fsp3) is 0.182. The van der Waals surface area contributed by atoms with Crippen LogP contribution in [0.15, 0.2) is 39.6 Å². The summed E-state index contributed by atoms with van der Waals surface area (Å²) in [4.78, 5) is 0. The molecule has 0 spiro atoms. The van der Waals surface area contributed by atoms with Crippen LogP contribution in [0.2, 0.25) is 0 Å². The lowest BCUT2D eigenvalue weighted by Gasteiger charge is -2.07. The Bertz CT molecular complexity index is 428. The van der Waals surface area contributed by atoms with E-state index in [1.54, 1.807) is 17.6 Å². The van der Waals surface area contributed by atoms with Gasteiger partial charge in [0.2, 0.25) is 0 Å². The Morgan fingerprint density at radius 2 is 2.47 bits per heavy atom. The smallest absolute Gasteiger partial charge is 0.122 e. The van der Waals surface area contributed by atoms with Gasteiger partial charge in [-0.1, -0.05) is 0 Å². The van der Waals surface area contributed by atoms with Crippen LogP contribution in [0, 0.1) is 11.3 Å². The fourth-order valence-corrected chi connectivity index (χ4v) is 1.98. The minimum absolute atomic E-state index is 0.263. The molecule has 2 aromatic heterocycles. The van der Waals surface area contributed by atoms with Gasteiger partial charge < -0.3 is 4.42 Å². The zero-order valence-electron chi connectivity index (χ0n) is 8.01. The maximum Gasteiger partial charge on any atom is 0.122 e. The van der Waals surface area contributed by atoms with Crippen molar-refractivity contribution >= 4 is 11.3 Å². The Morgan fingerprint density at radius 3 is 3.07 bits per heavy atom. The zero-order chi connectivity index (χ0) is 10.5. The topological polar surface area (TPSA) is 49.0 Å². The van der Waals surface area contributed by atoms with Gasteiger partial charge in [0.15, 0.2) is 0 Å². The second-order valence-corrected chi connectivity index (χ2v) is 3.86. The quantitative estimate of drug-likeness (QED) is 0.858. The van der Waals surface area contributed by atoms with Crippen molar-refractivity contribution in [1.29, 1.82) is 5.26 Å². The maximum absolute atomic E-state index is 8.99. The van der Waals surface area contributed by atoms with Crippen molar-refractivity contribution < 1.29 is 4.42 Å². The molecular formula is C11H10N2OS. The Morgan fingerprint density at radius 1 is 1.53 bits per heavy atom. The van der Waals surface area contributed by atoms with E-state index in [9.17, 15) is 0 Å². The highest BCUT2D eigenvalue weighted by Crippen LogP contribution is 2.16. The van der Waals surface area contributed by atoms with Crippen LogP contribution in [-0.2, 0) is 6.54 Å². The van der Waals surface area contributed by atoms with E-state index in [0.29, 0.717) is 6.54 Å². The van der Waals surface area contributed by atoms with Crippen molar-refractivity contribution in [1.82, 2.24) is 5.32 Å². The van der Waals surface area contributed by atoms with Gasteiger partial charge in [0.05, 0.1) is 18.9 Å². The van der Waals surface area contributed by atoms with Crippen LogP contribution in [0.5, 0.6) is 0 Å². The van der Waals surface area contributed by atoms with E-state index in [4.69, 9.17) is 9.68 Å². The summed E-state index contributed by atoms with van der Waals surface area (Å²) in [5.41, 5.74) is 1.01. The first-order valence-electron chi connectivity index (χ1n) is 4.57. The molecule has 3 nitrogen and oxygen atoms in total. The molecule has 0 bridgehead atoms. The van der Waals surface area contributed by atoms with Gasteiger partial charge in [-0.2, -0.15) is 16.6 Å². The predicted molar refractivity (Wildman–Crippen MR) is 58.2 cm³/mol. The van der Waals surface area contributed by atoms with Crippen molar-refractivity contribution in [2.24, 2.45) is 0 Å². The lowest BCUT2D eigenvalue weighted by atomic mass is 10.2. The summed E-state index contributed by atoms with van der Waals surface area (Å²) in [6.07, 6.45) is 1.63. The Labute approximate surface area is 92.0 Å². The van der Waals surface area contributed by atoms with E-state index in [2.05, 4.69) is 11.4 Å². The molecular weight excluding hydrogens is 208 g/mol.